The first-order valence-electron chi connectivity index (χ1n) is 8.92. The molecular formula is C20H26N2O3S. The Morgan fingerprint density at radius 1 is 0.962 bits per heavy atom. The lowest BCUT2D eigenvalue weighted by molar-refractivity contribution is 0.190. The summed E-state index contributed by atoms with van der Waals surface area (Å²) >= 11 is 0. The molecule has 1 aliphatic rings. The second-order valence-electron chi connectivity index (χ2n) is 6.62. The number of sulfonamides is 1. The van der Waals surface area contributed by atoms with Gasteiger partial charge in [0.25, 0.3) is 0 Å². The van der Waals surface area contributed by atoms with Gasteiger partial charge in [-0.2, -0.15) is 4.31 Å². The zero-order chi connectivity index (χ0) is 18.6. The SMILES string of the molecule is COc1ccccc1CCN1CCN(S(=O)(=O)c2ccc(C)cc2)CC1. The van der Waals surface area contributed by atoms with E-state index in [2.05, 4.69) is 11.0 Å². The molecule has 1 fully saturated rings. The van der Waals surface area contributed by atoms with Gasteiger partial charge in [0.15, 0.2) is 0 Å². The van der Waals surface area contributed by atoms with Gasteiger partial charge < -0.3 is 9.64 Å². The Hall–Kier alpha value is -1.89. The topological polar surface area (TPSA) is 49.9 Å². The number of benzene rings is 2. The van der Waals surface area contributed by atoms with Gasteiger partial charge in [0.2, 0.25) is 10.0 Å². The summed E-state index contributed by atoms with van der Waals surface area (Å²) < 4.78 is 32.5. The molecule has 5 nitrogen and oxygen atoms in total. The fourth-order valence-corrected chi connectivity index (χ4v) is 4.66. The summed E-state index contributed by atoms with van der Waals surface area (Å²) in [5.41, 5.74) is 2.25. The van der Waals surface area contributed by atoms with Gasteiger partial charge in [0.1, 0.15) is 5.75 Å². The maximum atomic E-state index is 12.8. The standard InChI is InChI=1S/C20H26N2O3S/c1-17-7-9-19(10-8-17)26(23,24)22-15-13-21(14-16-22)12-11-18-5-3-4-6-20(18)25-2/h3-10H,11-16H2,1-2H3. The van der Waals surface area contributed by atoms with Crippen LogP contribution in [0.25, 0.3) is 0 Å². The van der Waals surface area contributed by atoms with Gasteiger partial charge in [0, 0.05) is 32.7 Å². The minimum Gasteiger partial charge on any atom is -0.496 e. The molecule has 1 aliphatic heterocycles. The molecule has 0 bridgehead atoms. The molecule has 0 amide bonds. The van der Waals surface area contributed by atoms with Crippen LogP contribution >= 0.6 is 0 Å². The molecule has 1 saturated heterocycles. The predicted octanol–water partition coefficient (Wildman–Crippen LogP) is 2.55. The Morgan fingerprint density at radius 3 is 2.27 bits per heavy atom. The molecule has 0 radical (unpaired) electrons. The third-order valence-electron chi connectivity index (χ3n) is 4.88. The highest BCUT2D eigenvalue weighted by molar-refractivity contribution is 7.89. The van der Waals surface area contributed by atoms with E-state index in [1.165, 1.54) is 5.56 Å². The van der Waals surface area contributed by atoms with Crippen molar-refractivity contribution >= 4 is 10.0 Å². The molecule has 6 heteroatoms. The first kappa shape index (κ1) is 18.9. The minimum atomic E-state index is -3.39. The normalized spacial score (nSPS) is 16.5. The fraction of sp³-hybridized carbons (Fsp3) is 0.400. The largest absolute Gasteiger partial charge is 0.496 e. The van der Waals surface area contributed by atoms with Crippen molar-refractivity contribution in [3.63, 3.8) is 0 Å². The van der Waals surface area contributed by atoms with Gasteiger partial charge in [-0.3, -0.25) is 0 Å². The Bertz CT molecular complexity index is 826. The van der Waals surface area contributed by atoms with E-state index in [9.17, 15) is 8.42 Å². The third-order valence-corrected chi connectivity index (χ3v) is 6.79. The summed E-state index contributed by atoms with van der Waals surface area (Å²) in [5.74, 6) is 0.910. The number of hydrogen-bond acceptors (Lipinski definition) is 4. The first-order chi connectivity index (χ1) is 12.5. The van der Waals surface area contributed by atoms with Crippen molar-refractivity contribution in [3.8, 4) is 5.75 Å². The van der Waals surface area contributed by atoms with Crippen molar-refractivity contribution in [1.82, 2.24) is 9.21 Å². The van der Waals surface area contributed by atoms with Gasteiger partial charge in [0.05, 0.1) is 12.0 Å². The molecule has 26 heavy (non-hydrogen) atoms. The van der Waals surface area contributed by atoms with Crippen molar-refractivity contribution in [1.29, 1.82) is 0 Å². The molecule has 2 aromatic rings. The number of methoxy groups -OCH3 is 1. The zero-order valence-electron chi connectivity index (χ0n) is 15.4. The van der Waals surface area contributed by atoms with Gasteiger partial charge >= 0.3 is 0 Å². The second kappa shape index (κ2) is 8.20. The fourth-order valence-electron chi connectivity index (χ4n) is 3.24. The summed E-state index contributed by atoms with van der Waals surface area (Å²) in [6.45, 7) is 5.42. The van der Waals surface area contributed by atoms with Crippen LogP contribution in [-0.2, 0) is 16.4 Å². The van der Waals surface area contributed by atoms with Crippen LogP contribution in [0, 0.1) is 6.92 Å². The molecule has 0 N–H and O–H groups in total. The van der Waals surface area contributed by atoms with Crippen LogP contribution in [0.3, 0.4) is 0 Å². The molecule has 0 spiro atoms. The summed E-state index contributed by atoms with van der Waals surface area (Å²) in [5, 5.41) is 0. The van der Waals surface area contributed by atoms with Crippen LogP contribution in [0.2, 0.25) is 0 Å². The van der Waals surface area contributed by atoms with E-state index in [1.54, 1.807) is 23.5 Å². The summed E-state index contributed by atoms with van der Waals surface area (Å²) in [6, 6.07) is 15.1. The third kappa shape index (κ3) is 4.26. The molecule has 0 aliphatic carbocycles. The minimum absolute atomic E-state index is 0.380. The quantitative estimate of drug-likeness (QED) is 0.780. The lowest BCUT2D eigenvalue weighted by atomic mass is 10.1. The van der Waals surface area contributed by atoms with Crippen LogP contribution in [-0.4, -0.2) is 57.5 Å². The van der Waals surface area contributed by atoms with Crippen LogP contribution in [0.15, 0.2) is 53.4 Å². The number of rotatable bonds is 6. The van der Waals surface area contributed by atoms with E-state index in [0.717, 1.165) is 37.4 Å². The smallest absolute Gasteiger partial charge is 0.243 e. The van der Waals surface area contributed by atoms with Gasteiger partial charge in [-0.25, -0.2) is 8.42 Å². The highest BCUT2D eigenvalue weighted by atomic mass is 32.2. The Kier molecular flexibility index (Phi) is 5.96. The predicted molar refractivity (Wildman–Crippen MR) is 103 cm³/mol. The van der Waals surface area contributed by atoms with E-state index in [1.807, 2.05) is 37.3 Å². The van der Waals surface area contributed by atoms with Gasteiger partial charge in [-0.05, 0) is 37.1 Å². The molecule has 0 atom stereocenters. The lowest BCUT2D eigenvalue weighted by Gasteiger charge is -2.34. The number of para-hydroxylation sites is 1. The first-order valence-corrected chi connectivity index (χ1v) is 10.4. The van der Waals surface area contributed by atoms with E-state index in [0.29, 0.717) is 18.0 Å². The van der Waals surface area contributed by atoms with E-state index in [-0.39, 0.29) is 0 Å². The average molecular weight is 375 g/mol. The number of nitrogens with zero attached hydrogens (tertiary/aromatic N) is 2. The van der Waals surface area contributed by atoms with Gasteiger partial charge in [-0.15, -0.1) is 0 Å². The Balaban J connectivity index is 1.56. The van der Waals surface area contributed by atoms with E-state index < -0.39 is 10.0 Å². The maximum Gasteiger partial charge on any atom is 0.243 e. The summed E-state index contributed by atoms with van der Waals surface area (Å²) in [6.07, 6.45) is 0.898. The molecule has 1 heterocycles. The maximum absolute atomic E-state index is 12.8. The monoisotopic (exact) mass is 374 g/mol. The number of ether oxygens (including phenoxy) is 1. The highest BCUT2D eigenvalue weighted by Crippen LogP contribution is 2.20. The molecule has 3 rings (SSSR count). The summed E-state index contributed by atoms with van der Waals surface area (Å²) in [4.78, 5) is 2.69. The molecular weight excluding hydrogens is 348 g/mol. The van der Waals surface area contributed by atoms with Gasteiger partial charge in [-0.1, -0.05) is 35.9 Å². The molecule has 0 aromatic heterocycles. The van der Waals surface area contributed by atoms with Crippen LogP contribution in [0.1, 0.15) is 11.1 Å². The summed E-state index contributed by atoms with van der Waals surface area (Å²) in [7, 11) is -1.71. The van der Waals surface area contributed by atoms with Crippen molar-refractivity contribution in [3.05, 3.63) is 59.7 Å². The number of aryl methyl sites for hydroxylation is 1. The average Bonchev–Trinajstić information content (AvgIpc) is 2.67. The number of hydrogen-bond donors (Lipinski definition) is 0. The second-order valence-corrected chi connectivity index (χ2v) is 8.56. The van der Waals surface area contributed by atoms with Crippen molar-refractivity contribution in [2.75, 3.05) is 39.8 Å². The Labute approximate surface area is 156 Å². The van der Waals surface area contributed by atoms with Crippen molar-refractivity contribution in [2.45, 2.75) is 18.2 Å². The Morgan fingerprint density at radius 2 is 1.62 bits per heavy atom. The van der Waals surface area contributed by atoms with E-state index in [4.69, 9.17) is 4.74 Å². The van der Waals surface area contributed by atoms with Crippen LogP contribution in [0.5, 0.6) is 5.75 Å². The molecule has 2 aromatic carbocycles. The molecule has 0 unspecified atom stereocenters. The lowest BCUT2D eigenvalue weighted by Crippen LogP contribution is -2.49. The van der Waals surface area contributed by atoms with Crippen molar-refractivity contribution < 1.29 is 13.2 Å². The highest BCUT2D eigenvalue weighted by Gasteiger charge is 2.28. The zero-order valence-corrected chi connectivity index (χ0v) is 16.2. The van der Waals surface area contributed by atoms with Crippen LogP contribution in [0.4, 0.5) is 0 Å². The molecule has 140 valence electrons. The molecule has 0 saturated carbocycles. The van der Waals surface area contributed by atoms with Crippen LogP contribution < -0.4 is 4.74 Å². The number of piperazine rings is 1. The van der Waals surface area contributed by atoms with E-state index >= 15 is 0 Å². The van der Waals surface area contributed by atoms with Crippen molar-refractivity contribution in [2.24, 2.45) is 0 Å².